The van der Waals surface area contributed by atoms with Crippen molar-refractivity contribution in [3.8, 4) is 0 Å². The van der Waals surface area contributed by atoms with Gasteiger partial charge < -0.3 is 9.73 Å². The van der Waals surface area contributed by atoms with E-state index in [1.165, 1.54) is 0 Å². The Kier molecular flexibility index (Phi) is 4.77. The molecule has 1 saturated heterocycles. The van der Waals surface area contributed by atoms with E-state index in [0.717, 1.165) is 46.6 Å². The minimum atomic E-state index is -0.0159. The van der Waals surface area contributed by atoms with Crippen LogP contribution in [-0.2, 0) is 4.79 Å². The molecule has 2 aromatic heterocycles. The molecule has 1 atom stereocenters. The van der Waals surface area contributed by atoms with E-state index >= 15 is 0 Å². The molecule has 6 nitrogen and oxygen atoms in total. The van der Waals surface area contributed by atoms with Crippen LogP contribution in [0.1, 0.15) is 29.0 Å². The lowest BCUT2D eigenvalue weighted by Gasteiger charge is -2.33. The Morgan fingerprint density at radius 1 is 1.48 bits per heavy atom. The third-order valence-electron chi connectivity index (χ3n) is 4.07. The third-order valence-corrected chi connectivity index (χ3v) is 5.09. The molecule has 1 amide bonds. The molecule has 2 N–H and O–H groups in total. The second-order valence-corrected chi connectivity index (χ2v) is 7.02. The van der Waals surface area contributed by atoms with Crippen molar-refractivity contribution < 1.29 is 9.21 Å². The van der Waals surface area contributed by atoms with Crippen molar-refractivity contribution in [2.75, 3.05) is 29.9 Å². The van der Waals surface area contributed by atoms with Crippen molar-refractivity contribution in [3.63, 3.8) is 0 Å². The number of nitrogens with one attached hydrogen (secondary N) is 2. The highest BCUT2D eigenvalue weighted by molar-refractivity contribution is 7.99. The summed E-state index contributed by atoms with van der Waals surface area (Å²) in [7, 11) is 0. The summed E-state index contributed by atoms with van der Waals surface area (Å²) in [5.74, 6) is 3.82. The molecule has 0 aromatic carbocycles. The molecule has 1 aliphatic heterocycles. The largest absolute Gasteiger partial charge is 0.465 e. The van der Waals surface area contributed by atoms with Gasteiger partial charge in [-0.25, -0.2) is 0 Å². The number of hydrogen-bond acceptors (Lipinski definition) is 5. The predicted octanol–water partition coefficient (Wildman–Crippen LogP) is 2.66. The number of thioether (sulfide) groups is 1. The van der Waals surface area contributed by atoms with Crippen LogP contribution in [0, 0.1) is 20.8 Å². The molecule has 2 aromatic rings. The maximum Gasteiger partial charge on any atom is 0.238 e. The van der Waals surface area contributed by atoms with Gasteiger partial charge in [0, 0.05) is 18.1 Å². The van der Waals surface area contributed by atoms with Gasteiger partial charge in [-0.3, -0.25) is 14.8 Å². The van der Waals surface area contributed by atoms with Crippen LogP contribution < -0.4 is 5.32 Å². The molecular formula is C16H22N4O2S. The minimum absolute atomic E-state index is 0.0159. The van der Waals surface area contributed by atoms with Crippen LogP contribution in [0.3, 0.4) is 0 Å². The first-order chi connectivity index (χ1) is 11.0. The number of aryl methyl sites for hydroxylation is 3. The lowest BCUT2D eigenvalue weighted by molar-refractivity contribution is -0.117. The number of anilines is 1. The summed E-state index contributed by atoms with van der Waals surface area (Å²) in [5.41, 5.74) is 2.47. The Labute approximate surface area is 140 Å². The molecule has 1 aliphatic rings. The lowest BCUT2D eigenvalue weighted by atomic mass is 10.2. The molecule has 3 heterocycles. The molecule has 23 heavy (non-hydrogen) atoms. The molecule has 3 rings (SSSR count). The monoisotopic (exact) mass is 334 g/mol. The third kappa shape index (κ3) is 3.61. The first-order valence-corrected chi connectivity index (χ1v) is 8.89. The van der Waals surface area contributed by atoms with E-state index in [0.29, 0.717) is 6.54 Å². The zero-order chi connectivity index (χ0) is 16.4. The van der Waals surface area contributed by atoms with Crippen molar-refractivity contribution >= 4 is 23.4 Å². The van der Waals surface area contributed by atoms with Gasteiger partial charge >= 0.3 is 0 Å². The highest BCUT2D eigenvalue weighted by Crippen LogP contribution is 2.30. The smallest absolute Gasteiger partial charge is 0.238 e. The first kappa shape index (κ1) is 16.1. The number of aromatic nitrogens is 2. The number of carbonyl (C=O) groups excluding carboxylic acids is 1. The summed E-state index contributed by atoms with van der Waals surface area (Å²) in [6, 6.07) is 4.14. The van der Waals surface area contributed by atoms with Crippen LogP contribution in [0.15, 0.2) is 16.5 Å². The second kappa shape index (κ2) is 6.80. The van der Waals surface area contributed by atoms with Gasteiger partial charge in [-0.05, 0) is 32.9 Å². The SMILES string of the molecule is Cc1ccc([C@H]2CSCCN2CC(=O)Nc2c(C)n[nH]c2C)o1. The fourth-order valence-corrected chi connectivity index (χ4v) is 3.95. The number of furan rings is 1. The van der Waals surface area contributed by atoms with Crippen LogP contribution in [0.25, 0.3) is 0 Å². The second-order valence-electron chi connectivity index (χ2n) is 5.87. The number of hydrogen-bond donors (Lipinski definition) is 2. The van der Waals surface area contributed by atoms with Gasteiger partial charge in [-0.15, -0.1) is 0 Å². The average Bonchev–Trinajstić information content (AvgIpc) is 3.08. The Bertz CT molecular complexity index is 675. The first-order valence-electron chi connectivity index (χ1n) is 7.74. The van der Waals surface area contributed by atoms with Crippen molar-refractivity contribution in [1.82, 2.24) is 15.1 Å². The Hall–Kier alpha value is -1.73. The van der Waals surface area contributed by atoms with E-state index in [-0.39, 0.29) is 11.9 Å². The van der Waals surface area contributed by atoms with Crippen molar-refractivity contribution in [1.29, 1.82) is 0 Å². The molecule has 7 heteroatoms. The molecule has 0 bridgehead atoms. The zero-order valence-corrected chi connectivity index (χ0v) is 14.5. The van der Waals surface area contributed by atoms with Crippen LogP contribution >= 0.6 is 11.8 Å². The van der Waals surface area contributed by atoms with Gasteiger partial charge in [0.1, 0.15) is 11.5 Å². The number of rotatable bonds is 4. The van der Waals surface area contributed by atoms with E-state index < -0.39 is 0 Å². The van der Waals surface area contributed by atoms with Crippen molar-refractivity contribution in [2.24, 2.45) is 0 Å². The Morgan fingerprint density at radius 2 is 2.30 bits per heavy atom. The summed E-state index contributed by atoms with van der Waals surface area (Å²) in [6.07, 6.45) is 0. The van der Waals surface area contributed by atoms with Crippen molar-refractivity contribution in [3.05, 3.63) is 35.0 Å². The summed E-state index contributed by atoms with van der Waals surface area (Å²) < 4.78 is 5.78. The van der Waals surface area contributed by atoms with Crippen LogP contribution in [0.5, 0.6) is 0 Å². The summed E-state index contributed by atoms with van der Waals surface area (Å²) >= 11 is 1.90. The highest BCUT2D eigenvalue weighted by Gasteiger charge is 2.28. The minimum Gasteiger partial charge on any atom is -0.465 e. The van der Waals surface area contributed by atoms with E-state index in [1.54, 1.807) is 0 Å². The van der Waals surface area contributed by atoms with Gasteiger partial charge in [0.05, 0.1) is 29.7 Å². The summed E-state index contributed by atoms with van der Waals surface area (Å²) in [5, 5.41) is 9.97. The maximum absolute atomic E-state index is 12.4. The van der Waals surface area contributed by atoms with Gasteiger partial charge in [0.2, 0.25) is 5.91 Å². The van der Waals surface area contributed by atoms with Gasteiger partial charge in [0.25, 0.3) is 0 Å². The molecule has 0 unspecified atom stereocenters. The van der Waals surface area contributed by atoms with E-state index in [1.807, 2.05) is 44.7 Å². The molecule has 0 radical (unpaired) electrons. The zero-order valence-electron chi connectivity index (χ0n) is 13.7. The predicted molar refractivity (Wildman–Crippen MR) is 91.8 cm³/mol. The number of amides is 1. The molecule has 0 aliphatic carbocycles. The molecule has 0 spiro atoms. The summed E-state index contributed by atoms with van der Waals surface area (Å²) in [4.78, 5) is 14.6. The number of carbonyl (C=O) groups is 1. The molecule has 124 valence electrons. The summed E-state index contributed by atoms with van der Waals surface area (Å²) in [6.45, 7) is 6.97. The van der Waals surface area contributed by atoms with E-state index in [9.17, 15) is 4.79 Å². The quantitative estimate of drug-likeness (QED) is 0.899. The molecule has 1 fully saturated rings. The highest BCUT2D eigenvalue weighted by atomic mass is 32.2. The maximum atomic E-state index is 12.4. The van der Waals surface area contributed by atoms with Gasteiger partial charge in [-0.2, -0.15) is 16.9 Å². The average molecular weight is 334 g/mol. The Morgan fingerprint density at radius 3 is 2.96 bits per heavy atom. The fourth-order valence-electron chi connectivity index (χ4n) is 2.82. The van der Waals surface area contributed by atoms with Crippen LogP contribution in [0.4, 0.5) is 5.69 Å². The number of nitrogens with zero attached hydrogens (tertiary/aromatic N) is 2. The topological polar surface area (TPSA) is 74.2 Å². The fraction of sp³-hybridized carbons (Fsp3) is 0.500. The lowest BCUT2D eigenvalue weighted by Crippen LogP contribution is -2.41. The van der Waals surface area contributed by atoms with Crippen LogP contribution in [0.2, 0.25) is 0 Å². The van der Waals surface area contributed by atoms with Gasteiger partial charge in [0.15, 0.2) is 0 Å². The van der Waals surface area contributed by atoms with E-state index in [4.69, 9.17) is 4.42 Å². The Balaban J connectivity index is 1.68. The molecular weight excluding hydrogens is 312 g/mol. The standard InChI is InChI=1S/C16H22N4O2S/c1-10-4-5-14(22-10)13-9-23-7-6-20(13)8-15(21)17-16-11(2)18-19-12(16)3/h4-5,13H,6-9H2,1-3H3,(H,17,21)(H,18,19)/t13-/m1/s1. The van der Waals surface area contributed by atoms with Crippen molar-refractivity contribution in [2.45, 2.75) is 26.8 Å². The van der Waals surface area contributed by atoms with E-state index in [2.05, 4.69) is 20.4 Å². The normalized spacial score (nSPS) is 19.0. The number of H-pyrrole nitrogens is 1. The van der Waals surface area contributed by atoms with Crippen LogP contribution in [-0.4, -0.2) is 45.6 Å². The molecule has 0 saturated carbocycles. The van der Waals surface area contributed by atoms with Gasteiger partial charge in [-0.1, -0.05) is 0 Å². The number of aromatic amines is 1.